The molecule has 0 aromatic heterocycles. The number of ether oxygens (including phenoxy) is 1. The summed E-state index contributed by atoms with van der Waals surface area (Å²) in [5, 5.41) is 6.11. The van der Waals surface area contributed by atoms with Crippen LogP contribution in [0.2, 0.25) is 0 Å². The molecule has 2 fully saturated rings. The summed E-state index contributed by atoms with van der Waals surface area (Å²) in [6.07, 6.45) is 3.94. The number of piperidine rings is 1. The highest BCUT2D eigenvalue weighted by Crippen LogP contribution is 2.14. The van der Waals surface area contributed by atoms with Crippen LogP contribution in [0, 0.1) is 0 Å². The van der Waals surface area contributed by atoms with Crippen molar-refractivity contribution in [1.82, 2.24) is 15.5 Å². The second kappa shape index (κ2) is 7.59. The molecule has 1 unspecified atom stereocenters. The summed E-state index contributed by atoms with van der Waals surface area (Å²) in [7, 11) is 0. The average molecular weight is 283 g/mol. The first-order valence-corrected chi connectivity index (χ1v) is 7.63. The first kappa shape index (κ1) is 15.3. The van der Waals surface area contributed by atoms with Crippen LogP contribution >= 0.6 is 0 Å². The van der Waals surface area contributed by atoms with Crippen molar-refractivity contribution in [3.63, 3.8) is 0 Å². The van der Waals surface area contributed by atoms with E-state index >= 15 is 0 Å². The van der Waals surface area contributed by atoms with Crippen LogP contribution in [-0.2, 0) is 14.3 Å². The normalized spacial score (nSPS) is 27.1. The van der Waals surface area contributed by atoms with E-state index in [1.165, 1.54) is 0 Å². The monoisotopic (exact) mass is 283 g/mol. The number of carbonyl (C=O) groups excluding carboxylic acids is 2. The van der Waals surface area contributed by atoms with Crippen LogP contribution in [0.5, 0.6) is 0 Å². The van der Waals surface area contributed by atoms with Gasteiger partial charge in [-0.15, -0.1) is 0 Å². The molecule has 2 N–H and O–H groups in total. The lowest BCUT2D eigenvalue weighted by Crippen LogP contribution is -2.60. The predicted octanol–water partition coefficient (Wildman–Crippen LogP) is -0.118. The standard InChI is InChI=1S/C14H25N3O3/c1-2-6-16-13(18)12-10-20-9-8-17(12)14(19)11-5-3-4-7-15-11/h11-12,15H,2-10H2,1H3,(H,16,18)/t11-,12?/m1/s1. The molecule has 20 heavy (non-hydrogen) atoms. The predicted molar refractivity (Wildman–Crippen MR) is 75.3 cm³/mol. The van der Waals surface area contributed by atoms with Gasteiger partial charge in [-0.2, -0.15) is 0 Å². The van der Waals surface area contributed by atoms with Gasteiger partial charge < -0.3 is 20.3 Å². The Hall–Kier alpha value is -1.14. The van der Waals surface area contributed by atoms with Gasteiger partial charge in [-0.3, -0.25) is 9.59 Å². The highest BCUT2D eigenvalue weighted by molar-refractivity contribution is 5.90. The SMILES string of the molecule is CCCNC(=O)C1COCCN1C(=O)[C@H]1CCCCN1. The largest absolute Gasteiger partial charge is 0.377 e. The molecule has 6 heteroatoms. The zero-order chi connectivity index (χ0) is 14.4. The molecule has 2 atom stereocenters. The lowest BCUT2D eigenvalue weighted by atomic mass is 10.0. The second-order valence-electron chi connectivity index (χ2n) is 5.42. The van der Waals surface area contributed by atoms with Crippen molar-refractivity contribution in [2.45, 2.75) is 44.7 Å². The molecule has 2 saturated heterocycles. The molecule has 0 aromatic rings. The van der Waals surface area contributed by atoms with Gasteiger partial charge in [-0.25, -0.2) is 0 Å². The van der Waals surface area contributed by atoms with Gasteiger partial charge in [-0.05, 0) is 25.8 Å². The maximum atomic E-state index is 12.6. The molecule has 0 radical (unpaired) electrons. The molecule has 2 amide bonds. The number of nitrogens with one attached hydrogen (secondary N) is 2. The topological polar surface area (TPSA) is 70.7 Å². The molecule has 0 spiro atoms. The first-order chi connectivity index (χ1) is 9.74. The molecule has 2 aliphatic heterocycles. The molecule has 2 aliphatic rings. The van der Waals surface area contributed by atoms with Gasteiger partial charge in [0.25, 0.3) is 0 Å². The highest BCUT2D eigenvalue weighted by atomic mass is 16.5. The van der Waals surface area contributed by atoms with E-state index in [4.69, 9.17) is 4.74 Å². The van der Waals surface area contributed by atoms with Crippen molar-refractivity contribution in [2.24, 2.45) is 0 Å². The van der Waals surface area contributed by atoms with Crippen LogP contribution in [0.25, 0.3) is 0 Å². The van der Waals surface area contributed by atoms with E-state index in [-0.39, 0.29) is 17.9 Å². The van der Waals surface area contributed by atoms with Crippen molar-refractivity contribution in [1.29, 1.82) is 0 Å². The number of hydrogen-bond donors (Lipinski definition) is 2. The first-order valence-electron chi connectivity index (χ1n) is 7.63. The highest BCUT2D eigenvalue weighted by Gasteiger charge is 2.36. The van der Waals surface area contributed by atoms with E-state index in [1.807, 2.05) is 6.92 Å². The molecule has 2 heterocycles. The summed E-state index contributed by atoms with van der Waals surface area (Å²) >= 11 is 0. The van der Waals surface area contributed by atoms with E-state index in [1.54, 1.807) is 4.90 Å². The van der Waals surface area contributed by atoms with Crippen molar-refractivity contribution in [3.8, 4) is 0 Å². The van der Waals surface area contributed by atoms with Crippen LogP contribution in [0.4, 0.5) is 0 Å². The van der Waals surface area contributed by atoms with E-state index < -0.39 is 6.04 Å². The van der Waals surface area contributed by atoms with Gasteiger partial charge in [0, 0.05) is 13.1 Å². The van der Waals surface area contributed by atoms with E-state index in [0.29, 0.717) is 26.3 Å². The molecule has 0 bridgehead atoms. The molecule has 114 valence electrons. The van der Waals surface area contributed by atoms with Gasteiger partial charge in [0.2, 0.25) is 11.8 Å². The minimum Gasteiger partial charge on any atom is -0.377 e. The summed E-state index contributed by atoms with van der Waals surface area (Å²) < 4.78 is 5.38. The van der Waals surface area contributed by atoms with Gasteiger partial charge >= 0.3 is 0 Å². The fourth-order valence-corrected chi connectivity index (χ4v) is 2.71. The Balaban J connectivity index is 1.98. The summed E-state index contributed by atoms with van der Waals surface area (Å²) in [6.45, 7) is 4.84. The van der Waals surface area contributed by atoms with Crippen LogP contribution in [-0.4, -0.2) is 61.6 Å². The summed E-state index contributed by atoms with van der Waals surface area (Å²) in [5.74, 6) is -0.0552. The van der Waals surface area contributed by atoms with Crippen LogP contribution in [0.3, 0.4) is 0 Å². The van der Waals surface area contributed by atoms with Crippen molar-refractivity contribution in [3.05, 3.63) is 0 Å². The molecule has 0 aromatic carbocycles. The van der Waals surface area contributed by atoms with E-state index in [9.17, 15) is 9.59 Å². The summed E-state index contributed by atoms with van der Waals surface area (Å²) in [6, 6.07) is -0.616. The van der Waals surface area contributed by atoms with E-state index in [0.717, 1.165) is 32.2 Å². The average Bonchev–Trinajstić information content (AvgIpc) is 2.52. The van der Waals surface area contributed by atoms with Crippen LogP contribution < -0.4 is 10.6 Å². The van der Waals surface area contributed by atoms with Gasteiger partial charge in [-0.1, -0.05) is 13.3 Å². The third-order valence-electron chi connectivity index (χ3n) is 3.87. The molecular formula is C14H25N3O3. The Bertz CT molecular complexity index is 343. The Kier molecular flexibility index (Phi) is 5.79. The number of rotatable bonds is 4. The smallest absolute Gasteiger partial charge is 0.245 e. The Morgan fingerprint density at radius 2 is 2.25 bits per heavy atom. The quantitative estimate of drug-likeness (QED) is 0.755. The molecular weight excluding hydrogens is 258 g/mol. The van der Waals surface area contributed by atoms with Crippen LogP contribution in [0.15, 0.2) is 0 Å². The molecule has 2 rings (SSSR count). The zero-order valence-corrected chi connectivity index (χ0v) is 12.2. The minimum atomic E-state index is -0.480. The number of amides is 2. The van der Waals surface area contributed by atoms with Gasteiger partial charge in [0.1, 0.15) is 6.04 Å². The number of hydrogen-bond acceptors (Lipinski definition) is 4. The summed E-state index contributed by atoms with van der Waals surface area (Å²) in [4.78, 5) is 26.4. The Morgan fingerprint density at radius 3 is 2.95 bits per heavy atom. The van der Waals surface area contributed by atoms with E-state index in [2.05, 4.69) is 10.6 Å². The molecule has 0 saturated carbocycles. The number of morpholine rings is 1. The lowest BCUT2D eigenvalue weighted by Gasteiger charge is -2.37. The van der Waals surface area contributed by atoms with Gasteiger partial charge in [0.15, 0.2) is 0 Å². The third-order valence-corrected chi connectivity index (χ3v) is 3.87. The Morgan fingerprint density at radius 1 is 1.40 bits per heavy atom. The maximum absolute atomic E-state index is 12.6. The Labute approximate surface area is 120 Å². The van der Waals surface area contributed by atoms with Crippen LogP contribution in [0.1, 0.15) is 32.6 Å². The lowest BCUT2D eigenvalue weighted by molar-refractivity contribution is -0.150. The fourth-order valence-electron chi connectivity index (χ4n) is 2.71. The number of nitrogens with zero attached hydrogens (tertiary/aromatic N) is 1. The molecule has 6 nitrogen and oxygen atoms in total. The summed E-state index contributed by atoms with van der Waals surface area (Å²) in [5.41, 5.74) is 0. The fraction of sp³-hybridized carbons (Fsp3) is 0.857. The van der Waals surface area contributed by atoms with Gasteiger partial charge in [0.05, 0.1) is 19.3 Å². The number of carbonyl (C=O) groups is 2. The minimum absolute atomic E-state index is 0.0460. The zero-order valence-electron chi connectivity index (χ0n) is 12.2. The van der Waals surface area contributed by atoms with Crippen molar-refractivity contribution >= 4 is 11.8 Å². The maximum Gasteiger partial charge on any atom is 0.245 e. The van der Waals surface area contributed by atoms with Crippen molar-refractivity contribution in [2.75, 3.05) is 32.8 Å². The van der Waals surface area contributed by atoms with Crippen molar-refractivity contribution < 1.29 is 14.3 Å². The second-order valence-corrected chi connectivity index (χ2v) is 5.42. The third kappa shape index (κ3) is 3.70. The molecule has 0 aliphatic carbocycles.